The Balaban J connectivity index is 0.000000170. The van der Waals surface area contributed by atoms with Crippen molar-refractivity contribution in [1.29, 1.82) is 0 Å². The monoisotopic (exact) mass is 1300 g/mol. The second-order valence-electron chi connectivity index (χ2n) is 22.1. The maximum absolute atomic E-state index is 2.82. The lowest BCUT2D eigenvalue weighted by atomic mass is 9.94. The normalized spacial score (nSPS) is 10.6. The van der Waals surface area contributed by atoms with Crippen LogP contribution in [0.5, 0.6) is 0 Å². The molecule has 0 spiro atoms. The standard InChI is InChI=1S/2C16H20P2.C15H18P2.2C14H16P2/c1-10-6-13(7-11(2)16(10)9-17)15-5-4-14(18)8-12(15)3;1-10-6-14(7-11(2)15(10)9-17)13-4-5-16(18)12(3)8-13;1-10-7-12(3-4-14(10)9-16)13-5-6-15(17)11(2)8-13;1-10-8-11(9-15)2-7-14(10)12-3-5-13(16)6-4-12;1-10-8-12(2-3-13(10)9-15)11-4-6-14(16)7-5-11/h2*4-8H,9,17-18H2,1-3H3;3-8H,9,16-17H2,1-2H3;2*2-8H,9,15-16H2,1H3. The SMILES string of the molecule is Cc1cc(-c2cc(C)c(CP)c(C)c2)ccc1P.Cc1cc(-c2ccc(CP)c(C)c2)ccc1P.Cc1cc(-c2ccc(P)cc2)ccc1CP.Cc1cc(CP)ccc1-c1ccc(P)cc1.Cc1cc(P)ccc1-c1cc(C)c(CP)c(C)c1. The molecule has 440 valence electrons. The first-order chi connectivity index (χ1) is 40.6. The number of rotatable bonds is 10. The van der Waals surface area contributed by atoms with Gasteiger partial charge in [-0.25, -0.2) is 0 Å². The highest BCUT2D eigenvalue weighted by atomic mass is 31.0. The van der Waals surface area contributed by atoms with Gasteiger partial charge in [0.05, 0.1) is 0 Å². The molecule has 10 aromatic rings. The molecule has 0 saturated carbocycles. The Kier molecular flexibility index (Phi) is 28.6. The van der Waals surface area contributed by atoms with Gasteiger partial charge in [-0.05, 0) is 266 Å². The molecule has 0 nitrogen and oxygen atoms in total. The van der Waals surface area contributed by atoms with Gasteiger partial charge in [0.1, 0.15) is 0 Å². The quantitative estimate of drug-likeness (QED) is 0.120. The van der Waals surface area contributed by atoms with Crippen LogP contribution in [-0.4, -0.2) is 0 Å². The van der Waals surface area contributed by atoms with Gasteiger partial charge in [0.2, 0.25) is 0 Å². The summed E-state index contributed by atoms with van der Waals surface area (Å²) in [5, 5.41) is 6.23. The first-order valence-corrected chi connectivity index (χ1v) is 35.9. The molecule has 0 aliphatic heterocycles. The van der Waals surface area contributed by atoms with Gasteiger partial charge in [0.15, 0.2) is 0 Å². The molecule has 0 radical (unpaired) electrons. The lowest BCUT2D eigenvalue weighted by molar-refractivity contribution is 1.24. The van der Waals surface area contributed by atoms with Crippen molar-refractivity contribution in [2.45, 2.75) is 100 Å². The summed E-state index contributed by atoms with van der Waals surface area (Å²) in [5.74, 6) is 0. The van der Waals surface area contributed by atoms with Crippen molar-refractivity contribution in [2.24, 2.45) is 0 Å². The van der Waals surface area contributed by atoms with Crippen LogP contribution in [0, 0.1) is 69.2 Å². The average Bonchev–Trinajstić information content (AvgIpc) is 3.68. The molecule has 0 aliphatic rings. The van der Waals surface area contributed by atoms with Gasteiger partial charge in [-0.2, -0.15) is 0 Å². The van der Waals surface area contributed by atoms with Crippen molar-refractivity contribution in [1.82, 2.24) is 0 Å². The minimum atomic E-state index is 1.02. The van der Waals surface area contributed by atoms with Crippen LogP contribution in [0.3, 0.4) is 0 Å². The van der Waals surface area contributed by atoms with Gasteiger partial charge in [0, 0.05) is 0 Å². The Hall–Kier alpha value is -3.50. The fourth-order valence-electron chi connectivity index (χ4n) is 10.4. The van der Waals surface area contributed by atoms with Crippen LogP contribution in [0.2, 0.25) is 0 Å². The molecular weight excluding hydrogens is 1210 g/mol. The topological polar surface area (TPSA) is 0 Å². The van der Waals surface area contributed by atoms with Crippen molar-refractivity contribution in [3.05, 3.63) is 265 Å². The van der Waals surface area contributed by atoms with Crippen LogP contribution >= 0.6 is 92.4 Å². The van der Waals surface area contributed by atoms with Crippen LogP contribution in [0.25, 0.3) is 55.6 Å². The Morgan fingerprint density at radius 1 is 0.224 bits per heavy atom. The van der Waals surface area contributed by atoms with Gasteiger partial charge in [0.25, 0.3) is 0 Å². The van der Waals surface area contributed by atoms with E-state index in [1.165, 1.54) is 166 Å². The fourth-order valence-corrected chi connectivity index (χ4v) is 13.9. The third-order valence-electron chi connectivity index (χ3n) is 15.7. The molecule has 0 amide bonds. The smallest absolute Gasteiger partial charge is 0.0123 e. The first kappa shape index (κ1) is 70.6. The summed E-state index contributed by atoms with van der Waals surface area (Å²) in [6, 6.07) is 66.2. The minimum absolute atomic E-state index is 1.02. The molecule has 0 aliphatic carbocycles. The predicted molar refractivity (Wildman–Crippen MR) is 421 cm³/mol. The van der Waals surface area contributed by atoms with Gasteiger partial charge < -0.3 is 0 Å². The first-order valence-electron chi connectivity index (χ1n) is 28.9. The maximum Gasteiger partial charge on any atom is -0.0123 e. The van der Waals surface area contributed by atoms with Crippen LogP contribution in [0.15, 0.2) is 182 Å². The van der Waals surface area contributed by atoms with E-state index in [0.29, 0.717) is 0 Å². The Morgan fingerprint density at radius 2 is 0.553 bits per heavy atom. The van der Waals surface area contributed by atoms with Gasteiger partial charge in [-0.1, -0.05) is 182 Å². The summed E-state index contributed by atoms with van der Waals surface area (Å²) in [4.78, 5) is 0. The highest BCUT2D eigenvalue weighted by Crippen LogP contribution is 2.31. The minimum Gasteiger partial charge on any atom is -0.133 e. The van der Waals surface area contributed by atoms with Crippen LogP contribution < -0.4 is 26.5 Å². The molecular formula is C75H90P10. The third kappa shape index (κ3) is 20.3. The highest BCUT2D eigenvalue weighted by Gasteiger charge is 2.10. The average molecular weight is 1300 g/mol. The number of hydrogen-bond acceptors (Lipinski definition) is 0. The molecule has 0 aromatic heterocycles. The summed E-state index contributed by atoms with van der Waals surface area (Å²) in [6.07, 6.45) is 5.13. The summed E-state index contributed by atoms with van der Waals surface area (Å²) < 4.78 is 0. The number of aryl methyl sites for hydroxylation is 10. The Bertz CT molecular complexity index is 3810. The molecule has 10 unspecified atom stereocenters. The molecule has 85 heavy (non-hydrogen) atoms. The second kappa shape index (κ2) is 34.5. The van der Waals surface area contributed by atoms with Crippen molar-refractivity contribution < 1.29 is 0 Å². The van der Waals surface area contributed by atoms with E-state index < -0.39 is 0 Å². The Labute approximate surface area is 536 Å². The number of benzene rings is 10. The van der Waals surface area contributed by atoms with Gasteiger partial charge in [-0.15, -0.1) is 92.4 Å². The summed E-state index contributed by atoms with van der Waals surface area (Å²) in [6.45, 7) is 21.8. The van der Waals surface area contributed by atoms with E-state index in [0.717, 1.165) is 30.8 Å². The van der Waals surface area contributed by atoms with Crippen LogP contribution in [0.4, 0.5) is 0 Å². The van der Waals surface area contributed by atoms with E-state index in [1.807, 2.05) is 0 Å². The predicted octanol–water partition coefficient (Wildman–Crippen LogP) is 19.2. The summed E-state index contributed by atoms with van der Waals surface area (Å²) in [7, 11) is 27.7. The van der Waals surface area contributed by atoms with E-state index in [4.69, 9.17) is 0 Å². The summed E-state index contributed by atoms with van der Waals surface area (Å²) in [5.41, 5.74) is 33.7. The lowest BCUT2D eigenvalue weighted by Gasteiger charge is -2.13. The lowest BCUT2D eigenvalue weighted by Crippen LogP contribution is -1.97. The highest BCUT2D eigenvalue weighted by molar-refractivity contribution is 7.28. The molecule has 0 saturated heterocycles. The molecule has 0 fully saturated rings. The molecule has 10 rings (SSSR count). The van der Waals surface area contributed by atoms with Crippen molar-refractivity contribution in [3.63, 3.8) is 0 Å². The van der Waals surface area contributed by atoms with E-state index >= 15 is 0 Å². The zero-order valence-electron chi connectivity index (χ0n) is 51.6. The van der Waals surface area contributed by atoms with Gasteiger partial charge >= 0.3 is 0 Å². The fraction of sp³-hybridized carbons (Fsp3) is 0.200. The maximum atomic E-state index is 2.82. The second-order valence-corrected chi connectivity index (χ2v) is 27.4. The van der Waals surface area contributed by atoms with E-state index in [9.17, 15) is 0 Å². The Morgan fingerprint density at radius 3 is 0.941 bits per heavy atom. The van der Waals surface area contributed by atoms with Gasteiger partial charge in [-0.3, -0.25) is 0 Å². The number of hydrogen-bond donors (Lipinski definition) is 0. The van der Waals surface area contributed by atoms with Crippen LogP contribution in [0.1, 0.15) is 83.5 Å². The van der Waals surface area contributed by atoms with E-state index in [2.05, 4.69) is 344 Å². The molecule has 0 bridgehead atoms. The molecule has 0 heterocycles. The van der Waals surface area contributed by atoms with Crippen LogP contribution in [-0.2, 0) is 30.8 Å². The van der Waals surface area contributed by atoms with Crippen molar-refractivity contribution in [3.8, 4) is 55.6 Å². The van der Waals surface area contributed by atoms with Crippen molar-refractivity contribution >= 4 is 119 Å². The largest absolute Gasteiger partial charge is 0.133 e. The molecule has 0 N–H and O–H groups in total. The third-order valence-corrected chi connectivity index (χ3v) is 20.3. The molecule has 10 atom stereocenters. The zero-order chi connectivity index (χ0) is 62.1. The molecule has 10 heteroatoms. The zero-order valence-corrected chi connectivity index (χ0v) is 63.2. The van der Waals surface area contributed by atoms with E-state index in [-0.39, 0.29) is 0 Å². The summed E-state index contributed by atoms with van der Waals surface area (Å²) >= 11 is 0. The van der Waals surface area contributed by atoms with E-state index in [1.54, 1.807) is 0 Å². The molecule has 10 aromatic carbocycles. The van der Waals surface area contributed by atoms with Crippen molar-refractivity contribution in [2.75, 3.05) is 0 Å².